The minimum absolute atomic E-state index is 0.0170. The lowest BCUT2D eigenvalue weighted by Crippen LogP contribution is -2.11. The fourth-order valence-corrected chi connectivity index (χ4v) is 1.35. The van der Waals surface area contributed by atoms with E-state index in [1.54, 1.807) is 7.05 Å². The van der Waals surface area contributed by atoms with E-state index in [0.29, 0.717) is 11.7 Å². The van der Waals surface area contributed by atoms with Crippen LogP contribution >= 0.6 is 0 Å². The zero-order valence-corrected chi connectivity index (χ0v) is 11.1. The number of hydrogen-bond acceptors (Lipinski definition) is 6. The monoisotopic (exact) mass is 260 g/mol. The molecular formula is C13H16N4O2. The Kier molecular flexibility index (Phi) is 4.12. The Morgan fingerprint density at radius 3 is 2.32 bits per heavy atom. The van der Waals surface area contributed by atoms with Crippen molar-refractivity contribution in [2.24, 2.45) is 0 Å². The molecule has 1 aromatic carbocycles. The molecule has 0 aliphatic carbocycles. The summed E-state index contributed by atoms with van der Waals surface area (Å²) in [4.78, 5) is 12.3. The van der Waals surface area contributed by atoms with E-state index in [-0.39, 0.29) is 18.1 Å². The van der Waals surface area contributed by atoms with Gasteiger partial charge in [0.2, 0.25) is 5.95 Å². The molecule has 0 spiro atoms. The van der Waals surface area contributed by atoms with Gasteiger partial charge in [0, 0.05) is 7.05 Å². The van der Waals surface area contributed by atoms with Crippen molar-refractivity contribution in [2.45, 2.75) is 20.0 Å². The molecule has 0 fully saturated rings. The molecule has 19 heavy (non-hydrogen) atoms. The van der Waals surface area contributed by atoms with E-state index >= 15 is 0 Å². The lowest BCUT2D eigenvalue weighted by molar-refractivity contribution is 0.218. The molecule has 6 nitrogen and oxygen atoms in total. The van der Waals surface area contributed by atoms with Crippen molar-refractivity contribution in [1.29, 1.82) is 0 Å². The van der Waals surface area contributed by atoms with Gasteiger partial charge in [-0.05, 0) is 26.0 Å². The molecule has 0 radical (unpaired) electrons. The number of hydrogen-bond donors (Lipinski definition) is 1. The molecule has 0 aliphatic heterocycles. The molecule has 2 aromatic rings. The number of nitrogens with one attached hydrogen (secondary N) is 1. The summed E-state index contributed by atoms with van der Waals surface area (Å²) in [6.07, 6.45) is -0.0170. The van der Waals surface area contributed by atoms with Gasteiger partial charge in [0.15, 0.2) is 0 Å². The maximum atomic E-state index is 5.56. The van der Waals surface area contributed by atoms with Crippen LogP contribution in [0.25, 0.3) is 0 Å². The number of rotatable bonds is 5. The van der Waals surface area contributed by atoms with E-state index in [4.69, 9.17) is 9.47 Å². The second-order valence-electron chi connectivity index (χ2n) is 4.06. The maximum absolute atomic E-state index is 5.56. The number of anilines is 1. The molecule has 0 unspecified atom stereocenters. The minimum Gasteiger partial charge on any atom is -0.461 e. The largest absolute Gasteiger partial charge is 0.461 e. The molecule has 1 heterocycles. The summed E-state index contributed by atoms with van der Waals surface area (Å²) in [6.45, 7) is 3.81. The summed E-state index contributed by atoms with van der Waals surface area (Å²) in [7, 11) is 1.72. The zero-order valence-electron chi connectivity index (χ0n) is 11.1. The van der Waals surface area contributed by atoms with Crippen molar-refractivity contribution in [3.8, 4) is 17.8 Å². The van der Waals surface area contributed by atoms with Gasteiger partial charge in [0.1, 0.15) is 5.75 Å². The van der Waals surface area contributed by atoms with Gasteiger partial charge in [-0.1, -0.05) is 18.2 Å². The van der Waals surface area contributed by atoms with Crippen LogP contribution < -0.4 is 14.8 Å². The lowest BCUT2D eigenvalue weighted by Gasteiger charge is -2.10. The first-order valence-electron chi connectivity index (χ1n) is 6.01. The fourth-order valence-electron chi connectivity index (χ4n) is 1.35. The van der Waals surface area contributed by atoms with E-state index in [2.05, 4.69) is 20.3 Å². The van der Waals surface area contributed by atoms with Crippen LogP contribution in [0.4, 0.5) is 5.95 Å². The van der Waals surface area contributed by atoms with Crippen LogP contribution in [0.3, 0.4) is 0 Å². The number of aromatic nitrogens is 3. The number of benzene rings is 1. The first-order valence-corrected chi connectivity index (χ1v) is 6.01. The molecule has 100 valence electrons. The summed E-state index contributed by atoms with van der Waals surface area (Å²) in [5.74, 6) is 1.06. The topological polar surface area (TPSA) is 69.2 Å². The molecule has 0 saturated heterocycles. The predicted molar refractivity (Wildman–Crippen MR) is 71.7 cm³/mol. The summed E-state index contributed by atoms with van der Waals surface area (Å²) in [5, 5.41) is 2.84. The highest BCUT2D eigenvalue weighted by molar-refractivity contribution is 5.29. The Morgan fingerprint density at radius 1 is 1.00 bits per heavy atom. The molecular weight excluding hydrogens is 244 g/mol. The number of para-hydroxylation sites is 1. The fraction of sp³-hybridized carbons (Fsp3) is 0.308. The number of ether oxygens (including phenoxy) is 2. The quantitative estimate of drug-likeness (QED) is 0.890. The minimum atomic E-state index is -0.0170. The van der Waals surface area contributed by atoms with Crippen molar-refractivity contribution < 1.29 is 9.47 Å². The molecule has 0 bridgehead atoms. The van der Waals surface area contributed by atoms with Crippen LogP contribution in [-0.4, -0.2) is 28.1 Å². The standard InChI is InChI=1S/C13H16N4O2/c1-9(2)18-12-15-11(14-3)16-13(17-12)19-10-7-5-4-6-8-10/h4-9H,1-3H3,(H,14,15,16,17). The van der Waals surface area contributed by atoms with Gasteiger partial charge in [0.25, 0.3) is 0 Å². The smallest absolute Gasteiger partial charge is 0.330 e. The second kappa shape index (κ2) is 5.99. The number of nitrogens with zero attached hydrogens (tertiary/aromatic N) is 3. The van der Waals surface area contributed by atoms with Crippen LogP contribution in [0.15, 0.2) is 30.3 Å². The van der Waals surface area contributed by atoms with Gasteiger partial charge in [-0.3, -0.25) is 0 Å². The van der Waals surface area contributed by atoms with Gasteiger partial charge < -0.3 is 14.8 Å². The maximum Gasteiger partial charge on any atom is 0.330 e. The summed E-state index contributed by atoms with van der Waals surface area (Å²) >= 11 is 0. The Labute approximate surface area is 111 Å². The van der Waals surface area contributed by atoms with Gasteiger partial charge in [-0.15, -0.1) is 4.98 Å². The van der Waals surface area contributed by atoms with Crippen molar-refractivity contribution in [3.63, 3.8) is 0 Å². The third-order valence-electron chi connectivity index (χ3n) is 2.11. The molecule has 0 atom stereocenters. The zero-order chi connectivity index (χ0) is 13.7. The van der Waals surface area contributed by atoms with Gasteiger partial charge in [0.05, 0.1) is 6.10 Å². The summed E-state index contributed by atoms with van der Waals surface area (Å²) in [5.41, 5.74) is 0. The summed E-state index contributed by atoms with van der Waals surface area (Å²) < 4.78 is 11.0. The third-order valence-corrected chi connectivity index (χ3v) is 2.11. The Hall–Kier alpha value is -2.37. The average molecular weight is 260 g/mol. The second-order valence-corrected chi connectivity index (χ2v) is 4.06. The SMILES string of the molecule is CNc1nc(Oc2ccccc2)nc(OC(C)C)n1. The molecule has 0 amide bonds. The van der Waals surface area contributed by atoms with Crippen molar-refractivity contribution in [1.82, 2.24) is 15.0 Å². The van der Waals surface area contributed by atoms with E-state index in [1.165, 1.54) is 0 Å². The highest BCUT2D eigenvalue weighted by atomic mass is 16.5. The first-order chi connectivity index (χ1) is 9.17. The lowest BCUT2D eigenvalue weighted by atomic mass is 10.3. The Bertz CT molecular complexity index is 531. The molecule has 1 N–H and O–H groups in total. The van der Waals surface area contributed by atoms with E-state index in [1.807, 2.05) is 44.2 Å². The Balaban J connectivity index is 2.24. The highest BCUT2D eigenvalue weighted by Crippen LogP contribution is 2.20. The third kappa shape index (κ3) is 3.80. The first kappa shape index (κ1) is 13.1. The van der Waals surface area contributed by atoms with Crippen LogP contribution in [0.2, 0.25) is 0 Å². The average Bonchev–Trinajstić information content (AvgIpc) is 2.38. The van der Waals surface area contributed by atoms with Crippen LogP contribution in [0.1, 0.15) is 13.8 Å². The Morgan fingerprint density at radius 2 is 1.68 bits per heavy atom. The van der Waals surface area contributed by atoms with E-state index in [9.17, 15) is 0 Å². The van der Waals surface area contributed by atoms with Crippen LogP contribution in [0, 0.1) is 0 Å². The molecule has 1 aromatic heterocycles. The van der Waals surface area contributed by atoms with Gasteiger partial charge in [-0.2, -0.15) is 9.97 Å². The van der Waals surface area contributed by atoms with Crippen LogP contribution in [0.5, 0.6) is 17.8 Å². The van der Waals surface area contributed by atoms with Crippen molar-refractivity contribution in [2.75, 3.05) is 12.4 Å². The van der Waals surface area contributed by atoms with Gasteiger partial charge in [-0.25, -0.2) is 0 Å². The van der Waals surface area contributed by atoms with Crippen molar-refractivity contribution in [3.05, 3.63) is 30.3 Å². The van der Waals surface area contributed by atoms with Crippen molar-refractivity contribution >= 4 is 5.95 Å². The molecule has 2 rings (SSSR count). The normalized spacial score (nSPS) is 10.3. The summed E-state index contributed by atoms with van der Waals surface area (Å²) in [6, 6.07) is 9.74. The van der Waals surface area contributed by atoms with Crippen LogP contribution in [-0.2, 0) is 0 Å². The predicted octanol–water partition coefficient (Wildman–Crippen LogP) is 2.49. The molecule has 0 saturated carbocycles. The van der Waals surface area contributed by atoms with Gasteiger partial charge >= 0.3 is 12.0 Å². The molecule has 6 heteroatoms. The highest BCUT2D eigenvalue weighted by Gasteiger charge is 2.09. The molecule has 0 aliphatic rings. The van der Waals surface area contributed by atoms with E-state index in [0.717, 1.165) is 0 Å². The van der Waals surface area contributed by atoms with E-state index < -0.39 is 0 Å².